The van der Waals surface area contributed by atoms with E-state index >= 15 is 0 Å². The first kappa shape index (κ1) is 33.7. The minimum atomic E-state index is -1.16. The van der Waals surface area contributed by atoms with Gasteiger partial charge in [0.1, 0.15) is 11.9 Å². The highest BCUT2D eigenvalue weighted by Gasteiger charge is 2.61. The maximum Gasteiger partial charge on any atom is 0.310 e. The van der Waals surface area contributed by atoms with Crippen molar-refractivity contribution >= 4 is 40.5 Å². The molecule has 6 rings (SSSR count). The van der Waals surface area contributed by atoms with E-state index in [9.17, 15) is 24.3 Å². The van der Waals surface area contributed by atoms with Crippen LogP contribution in [-0.4, -0.2) is 71.0 Å². The number of nitrogens with zero attached hydrogens (tertiary/aromatic N) is 2. The summed E-state index contributed by atoms with van der Waals surface area (Å²) in [5.74, 6) is -1.82. The summed E-state index contributed by atoms with van der Waals surface area (Å²) < 4.78 is 18.0. The fourth-order valence-corrected chi connectivity index (χ4v) is 7.46. The van der Waals surface area contributed by atoms with Crippen LogP contribution in [0.5, 0.6) is 11.6 Å². The number of pyridine rings is 1. The van der Waals surface area contributed by atoms with Crippen molar-refractivity contribution in [2.75, 3.05) is 20.3 Å². The number of amides is 1. The first-order chi connectivity index (χ1) is 23.0. The first-order valence-corrected chi connectivity index (χ1v) is 17.2. The highest BCUT2D eigenvalue weighted by molar-refractivity contribution is 5.95. The lowest BCUT2D eigenvalue weighted by atomic mass is 9.89. The Bertz CT molecular complexity index is 1650. The second-order valence-electron chi connectivity index (χ2n) is 14.7. The molecule has 3 aliphatic heterocycles. The number of hydrogen-bond acceptors (Lipinski definition) is 8. The minimum absolute atomic E-state index is 0.0860. The van der Waals surface area contributed by atoms with Crippen LogP contribution in [-0.2, 0) is 23.9 Å². The van der Waals surface area contributed by atoms with Crippen LogP contribution < -0.4 is 9.47 Å². The Kier molecular flexibility index (Phi) is 9.63. The van der Waals surface area contributed by atoms with Gasteiger partial charge in [-0.25, -0.2) is 4.98 Å². The van der Waals surface area contributed by atoms with Crippen molar-refractivity contribution in [2.45, 2.75) is 90.2 Å². The third kappa shape index (κ3) is 7.12. The second kappa shape index (κ2) is 13.7. The number of ether oxygens (including phenoxy) is 3. The number of carboxylic acids is 1. The first-order valence-electron chi connectivity index (χ1n) is 17.2. The molecule has 48 heavy (non-hydrogen) atoms. The van der Waals surface area contributed by atoms with Crippen molar-refractivity contribution in [3.8, 4) is 11.6 Å². The number of Topliss-reactive ketones (excluding diaryl/α,β-unsaturated/α-hetero) is 1. The van der Waals surface area contributed by atoms with Gasteiger partial charge in [-0.05, 0) is 61.6 Å². The Morgan fingerprint density at radius 3 is 2.75 bits per heavy atom. The van der Waals surface area contributed by atoms with Gasteiger partial charge >= 0.3 is 11.9 Å². The average molecular weight is 659 g/mol. The molecule has 1 aromatic heterocycles. The van der Waals surface area contributed by atoms with Crippen LogP contribution in [0.4, 0.5) is 0 Å². The van der Waals surface area contributed by atoms with Crippen molar-refractivity contribution < 1.29 is 38.5 Å². The lowest BCUT2D eigenvalue weighted by molar-refractivity contribution is -0.152. The molecule has 10 nitrogen and oxygen atoms in total. The average Bonchev–Trinajstić information content (AvgIpc) is 3.59. The lowest BCUT2D eigenvalue weighted by Crippen LogP contribution is -2.45. The van der Waals surface area contributed by atoms with E-state index in [-0.39, 0.29) is 55.4 Å². The molecule has 0 radical (unpaired) electrons. The Labute approximate surface area is 281 Å². The largest absolute Gasteiger partial charge is 0.496 e. The van der Waals surface area contributed by atoms with E-state index in [0.717, 1.165) is 42.0 Å². The molecule has 2 aromatic rings. The third-order valence-electron chi connectivity index (χ3n) is 10.5. The monoisotopic (exact) mass is 658 g/mol. The number of rotatable bonds is 2. The van der Waals surface area contributed by atoms with Gasteiger partial charge in [0.05, 0.1) is 38.1 Å². The molecule has 5 bridgehead atoms. The number of aromatic nitrogens is 1. The van der Waals surface area contributed by atoms with Gasteiger partial charge in [-0.3, -0.25) is 19.2 Å². The Balaban J connectivity index is 1.39. The molecule has 1 saturated heterocycles. The number of fused-ring (bicyclic) bond motifs is 4. The van der Waals surface area contributed by atoms with Crippen LogP contribution in [0.15, 0.2) is 42.6 Å². The molecule has 1 saturated carbocycles. The normalized spacial score (nSPS) is 31.0. The molecule has 4 heterocycles. The summed E-state index contributed by atoms with van der Waals surface area (Å²) in [4.78, 5) is 60.3. The topological polar surface area (TPSA) is 132 Å². The van der Waals surface area contributed by atoms with Gasteiger partial charge < -0.3 is 24.2 Å². The smallest absolute Gasteiger partial charge is 0.310 e. The number of carbonyl (C=O) groups excluding carboxylic acids is 3. The van der Waals surface area contributed by atoms with Crippen molar-refractivity contribution in [3.05, 3.63) is 48.2 Å². The molecular weight excluding hydrogens is 612 g/mol. The highest BCUT2D eigenvalue weighted by Crippen LogP contribution is 2.57. The molecule has 10 heteroatoms. The predicted octanol–water partition coefficient (Wildman–Crippen LogP) is 6.15. The Hall–Kier alpha value is -4.21. The van der Waals surface area contributed by atoms with E-state index < -0.39 is 35.4 Å². The number of hydrogen-bond donors (Lipinski definition) is 1. The fourth-order valence-electron chi connectivity index (χ4n) is 7.46. The quantitative estimate of drug-likeness (QED) is 0.298. The molecule has 1 aliphatic carbocycles. The SMILES string of the molecule is COc1cc2ccnc3c2cc1/C=C/CC(C)(C)COC(=O)C[C@H]1CCCCC/C=C\[C@@H]2C[C@@]2(C(=O)O)CC(=O)[C@@H]2C[C@H](CN2C1=O)O3. The molecule has 256 valence electrons. The van der Waals surface area contributed by atoms with Gasteiger partial charge in [0, 0.05) is 41.3 Å². The fraction of sp³-hybridized carbons (Fsp3) is 0.553. The summed E-state index contributed by atoms with van der Waals surface area (Å²) in [5.41, 5.74) is -0.697. The molecule has 2 fully saturated rings. The maximum atomic E-state index is 14.4. The Morgan fingerprint density at radius 1 is 1.12 bits per heavy atom. The maximum absolute atomic E-state index is 14.4. The van der Waals surface area contributed by atoms with Crippen molar-refractivity contribution in [3.63, 3.8) is 0 Å². The number of ketones is 1. The summed E-state index contributed by atoms with van der Waals surface area (Å²) in [6.07, 6.45) is 13.9. The van der Waals surface area contributed by atoms with Crippen LogP contribution in [0.2, 0.25) is 0 Å². The van der Waals surface area contributed by atoms with Crippen LogP contribution >= 0.6 is 0 Å². The van der Waals surface area contributed by atoms with Gasteiger partial charge in [-0.1, -0.05) is 51.0 Å². The van der Waals surface area contributed by atoms with E-state index in [4.69, 9.17) is 14.2 Å². The number of methoxy groups -OCH3 is 1. The van der Waals surface area contributed by atoms with Crippen molar-refractivity contribution in [2.24, 2.45) is 22.7 Å². The molecular formula is C38H46N2O8. The summed E-state index contributed by atoms with van der Waals surface area (Å²) in [7, 11) is 1.62. The van der Waals surface area contributed by atoms with E-state index in [1.165, 1.54) is 0 Å². The standard InChI is InChI=1S/C38H46N2O8/c1-37(2)14-9-11-25-16-29-24(17-32(25)46-3)13-15-39-34(29)48-28-19-30-31(41)21-38(36(44)45)20-27(38)12-8-6-4-5-7-10-26(18-33(42)47-23-37)35(43)40(30)22-28/h8-9,11-13,15-17,26-28,30H,4-7,10,14,18-23H2,1-3H3,(H,44,45)/b11-9+,12-8-/t26-,27-,28-,30+,38-/m1/s1. The predicted molar refractivity (Wildman–Crippen MR) is 179 cm³/mol. The van der Waals surface area contributed by atoms with E-state index in [1.54, 1.807) is 18.2 Å². The van der Waals surface area contributed by atoms with Crippen molar-refractivity contribution in [1.29, 1.82) is 0 Å². The van der Waals surface area contributed by atoms with E-state index in [1.807, 2.05) is 56.4 Å². The van der Waals surface area contributed by atoms with Gasteiger partial charge in [-0.15, -0.1) is 0 Å². The van der Waals surface area contributed by atoms with Gasteiger partial charge in [0.15, 0.2) is 5.78 Å². The number of esters is 1. The Morgan fingerprint density at radius 2 is 1.96 bits per heavy atom. The second-order valence-corrected chi connectivity index (χ2v) is 14.7. The third-order valence-corrected chi connectivity index (χ3v) is 10.5. The summed E-state index contributed by atoms with van der Waals surface area (Å²) in [6, 6.07) is 4.89. The lowest BCUT2D eigenvalue weighted by Gasteiger charge is -2.29. The zero-order valence-electron chi connectivity index (χ0n) is 28.1. The number of carboxylic acid groups (broad SMARTS) is 1. The van der Waals surface area contributed by atoms with Gasteiger partial charge in [0.2, 0.25) is 11.8 Å². The van der Waals surface area contributed by atoms with Crippen LogP contribution in [0.3, 0.4) is 0 Å². The van der Waals surface area contributed by atoms with E-state index in [0.29, 0.717) is 30.9 Å². The number of carbonyl (C=O) groups is 4. The molecule has 1 amide bonds. The molecule has 4 aliphatic rings. The molecule has 5 atom stereocenters. The highest BCUT2D eigenvalue weighted by atomic mass is 16.5. The molecule has 0 spiro atoms. The summed E-state index contributed by atoms with van der Waals surface area (Å²) in [6.45, 7) is 4.35. The number of allylic oxidation sites excluding steroid dienone is 3. The van der Waals surface area contributed by atoms with Crippen LogP contribution in [0.1, 0.15) is 83.6 Å². The zero-order valence-corrected chi connectivity index (χ0v) is 28.1. The van der Waals surface area contributed by atoms with E-state index in [2.05, 4.69) is 4.98 Å². The van der Waals surface area contributed by atoms with Gasteiger partial charge in [-0.2, -0.15) is 0 Å². The minimum Gasteiger partial charge on any atom is -0.496 e. The molecule has 1 aromatic carbocycles. The number of cyclic esters (lactones) is 1. The molecule has 0 unspecified atom stereocenters. The summed E-state index contributed by atoms with van der Waals surface area (Å²) in [5, 5.41) is 11.9. The number of benzene rings is 1. The van der Waals surface area contributed by atoms with Crippen LogP contribution in [0.25, 0.3) is 16.8 Å². The number of aliphatic carboxylic acids is 1. The van der Waals surface area contributed by atoms with Gasteiger partial charge in [0.25, 0.3) is 0 Å². The van der Waals surface area contributed by atoms with Crippen LogP contribution in [0, 0.1) is 22.7 Å². The summed E-state index contributed by atoms with van der Waals surface area (Å²) >= 11 is 0. The zero-order chi connectivity index (χ0) is 34.1. The molecule has 1 N–H and O–H groups in total. The van der Waals surface area contributed by atoms with Crippen molar-refractivity contribution in [1.82, 2.24) is 9.88 Å².